The van der Waals surface area contributed by atoms with Crippen molar-refractivity contribution in [1.82, 2.24) is 25.5 Å². The van der Waals surface area contributed by atoms with E-state index < -0.39 is 0 Å². The van der Waals surface area contributed by atoms with E-state index in [2.05, 4.69) is 20.8 Å². The second-order valence-electron chi connectivity index (χ2n) is 6.34. The van der Waals surface area contributed by atoms with Gasteiger partial charge in [0.1, 0.15) is 17.1 Å². The van der Waals surface area contributed by atoms with Crippen LogP contribution >= 0.6 is 11.8 Å². The first kappa shape index (κ1) is 19.0. The summed E-state index contributed by atoms with van der Waals surface area (Å²) in [5.74, 6) is 1.51. The Morgan fingerprint density at radius 2 is 2.03 bits per heavy atom. The Kier molecular flexibility index (Phi) is 5.48. The number of rotatable bonds is 7. The number of hydrogen-bond acceptors (Lipinski definition) is 7. The van der Waals surface area contributed by atoms with E-state index >= 15 is 0 Å². The summed E-state index contributed by atoms with van der Waals surface area (Å²) < 4.78 is 12.6. The highest BCUT2D eigenvalue weighted by atomic mass is 32.2. The van der Waals surface area contributed by atoms with Gasteiger partial charge in [-0.05, 0) is 53.7 Å². The summed E-state index contributed by atoms with van der Waals surface area (Å²) in [5, 5.41) is 16.2. The number of aromatic nitrogens is 4. The van der Waals surface area contributed by atoms with Crippen LogP contribution in [-0.4, -0.2) is 39.0 Å². The molecule has 0 saturated heterocycles. The molecule has 0 unspecified atom stereocenters. The molecule has 1 amide bonds. The van der Waals surface area contributed by atoms with Crippen molar-refractivity contribution < 1.29 is 13.9 Å². The monoisotopic (exact) mass is 409 g/mol. The highest BCUT2D eigenvalue weighted by Gasteiger charge is 2.16. The fourth-order valence-electron chi connectivity index (χ4n) is 2.85. The normalized spacial score (nSPS) is 12.1. The van der Waals surface area contributed by atoms with Crippen molar-refractivity contribution in [3.8, 4) is 11.4 Å². The van der Waals surface area contributed by atoms with Gasteiger partial charge in [0, 0.05) is 5.39 Å². The van der Waals surface area contributed by atoms with Gasteiger partial charge >= 0.3 is 0 Å². The standard InChI is InChI=1S/C20H19N5O3S/c1-13(18-11-14-5-3-4-6-17(14)28-18)21-19(26)12-29-20-22-23-24-25(20)15-7-9-16(27-2)10-8-15/h3-11,13H,12H2,1-2H3,(H,21,26)/t13-/m0/s1. The molecule has 0 aliphatic rings. The quantitative estimate of drug-likeness (QED) is 0.468. The fraction of sp³-hybridized carbons (Fsp3) is 0.200. The Bertz CT molecular complexity index is 1090. The third kappa shape index (κ3) is 4.24. The summed E-state index contributed by atoms with van der Waals surface area (Å²) >= 11 is 1.26. The number of furan rings is 1. The van der Waals surface area contributed by atoms with Crippen LogP contribution in [0.15, 0.2) is 64.2 Å². The van der Waals surface area contributed by atoms with Crippen molar-refractivity contribution in [2.24, 2.45) is 0 Å². The highest BCUT2D eigenvalue weighted by molar-refractivity contribution is 7.99. The van der Waals surface area contributed by atoms with Crippen molar-refractivity contribution in [1.29, 1.82) is 0 Å². The van der Waals surface area contributed by atoms with Gasteiger partial charge in [-0.25, -0.2) is 0 Å². The molecule has 9 heteroatoms. The van der Waals surface area contributed by atoms with Crippen molar-refractivity contribution in [3.63, 3.8) is 0 Å². The molecule has 0 radical (unpaired) electrons. The second kappa shape index (κ2) is 8.36. The van der Waals surface area contributed by atoms with Crippen LogP contribution in [0.5, 0.6) is 5.75 Å². The molecule has 148 valence electrons. The lowest BCUT2D eigenvalue weighted by Gasteiger charge is -2.11. The number of benzene rings is 2. The number of nitrogens with zero attached hydrogens (tertiary/aromatic N) is 4. The van der Waals surface area contributed by atoms with Gasteiger partial charge in [0.15, 0.2) is 0 Å². The maximum absolute atomic E-state index is 12.4. The summed E-state index contributed by atoms with van der Waals surface area (Å²) in [6, 6.07) is 16.8. The molecule has 29 heavy (non-hydrogen) atoms. The molecule has 8 nitrogen and oxygen atoms in total. The first-order valence-electron chi connectivity index (χ1n) is 8.97. The van der Waals surface area contributed by atoms with Crippen molar-refractivity contribution in [3.05, 3.63) is 60.4 Å². The van der Waals surface area contributed by atoms with Crippen molar-refractivity contribution >= 4 is 28.6 Å². The second-order valence-corrected chi connectivity index (χ2v) is 7.28. The molecule has 2 aromatic heterocycles. The Balaban J connectivity index is 1.38. The number of hydrogen-bond donors (Lipinski definition) is 1. The van der Waals surface area contributed by atoms with Gasteiger partial charge in [-0.1, -0.05) is 30.0 Å². The van der Waals surface area contributed by atoms with Gasteiger partial charge in [-0.15, -0.1) is 5.10 Å². The summed E-state index contributed by atoms with van der Waals surface area (Å²) in [5.41, 5.74) is 1.59. The molecule has 1 N–H and O–H groups in total. The molecule has 0 bridgehead atoms. The van der Waals surface area contributed by atoms with Crippen LogP contribution in [-0.2, 0) is 4.79 Å². The van der Waals surface area contributed by atoms with Gasteiger partial charge in [0.2, 0.25) is 11.1 Å². The molecule has 4 aromatic rings. The van der Waals surface area contributed by atoms with Crippen LogP contribution in [0.3, 0.4) is 0 Å². The number of thioether (sulfide) groups is 1. The van der Waals surface area contributed by atoms with Crippen LogP contribution in [0.4, 0.5) is 0 Å². The van der Waals surface area contributed by atoms with Crippen LogP contribution in [0.1, 0.15) is 18.7 Å². The van der Waals surface area contributed by atoms with Gasteiger partial charge < -0.3 is 14.5 Å². The van der Waals surface area contributed by atoms with Gasteiger partial charge in [0.05, 0.1) is 24.6 Å². The van der Waals surface area contributed by atoms with E-state index in [-0.39, 0.29) is 17.7 Å². The molecule has 4 rings (SSSR count). The first-order chi connectivity index (χ1) is 14.1. The molecule has 0 aliphatic heterocycles. The minimum atomic E-state index is -0.243. The largest absolute Gasteiger partial charge is 0.497 e. The molecule has 1 atom stereocenters. The van der Waals surface area contributed by atoms with Crippen molar-refractivity contribution in [2.45, 2.75) is 18.1 Å². The average molecular weight is 409 g/mol. The molecule has 0 aliphatic carbocycles. The molecular weight excluding hydrogens is 390 g/mol. The summed E-state index contributed by atoms with van der Waals surface area (Å²) in [7, 11) is 1.61. The predicted molar refractivity (Wildman–Crippen MR) is 109 cm³/mol. The number of amides is 1. The van der Waals surface area contributed by atoms with Gasteiger partial charge in [0.25, 0.3) is 0 Å². The van der Waals surface area contributed by atoms with Crippen LogP contribution in [0, 0.1) is 0 Å². The van der Waals surface area contributed by atoms with E-state index in [1.165, 1.54) is 11.8 Å². The number of para-hydroxylation sites is 1. The third-order valence-electron chi connectivity index (χ3n) is 4.34. The summed E-state index contributed by atoms with van der Waals surface area (Å²) in [6.07, 6.45) is 0. The Hall–Kier alpha value is -3.33. The number of tetrazole rings is 1. The van der Waals surface area contributed by atoms with Crippen molar-refractivity contribution in [2.75, 3.05) is 12.9 Å². The van der Waals surface area contributed by atoms with E-state index in [4.69, 9.17) is 9.15 Å². The summed E-state index contributed by atoms with van der Waals surface area (Å²) in [6.45, 7) is 1.89. The zero-order chi connectivity index (χ0) is 20.2. The van der Waals surface area contributed by atoms with E-state index in [1.807, 2.05) is 61.5 Å². The zero-order valence-corrected chi connectivity index (χ0v) is 16.7. The molecule has 0 spiro atoms. The Morgan fingerprint density at radius 3 is 2.79 bits per heavy atom. The minimum Gasteiger partial charge on any atom is -0.497 e. The Morgan fingerprint density at radius 1 is 1.24 bits per heavy atom. The smallest absolute Gasteiger partial charge is 0.231 e. The van der Waals surface area contributed by atoms with Gasteiger partial charge in [-0.2, -0.15) is 4.68 Å². The van der Waals surface area contributed by atoms with E-state index in [1.54, 1.807) is 11.8 Å². The lowest BCUT2D eigenvalue weighted by Crippen LogP contribution is -2.28. The summed E-state index contributed by atoms with van der Waals surface area (Å²) in [4.78, 5) is 12.4. The predicted octanol–water partition coefficient (Wildman–Crippen LogP) is 3.39. The molecule has 2 heterocycles. The minimum absolute atomic E-state index is 0.132. The topological polar surface area (TPSA) is 95.1 Å². The number of methoxy groups -OCH3 is 1. The highest BCUT2D eigenvalue weighted by Crippen LogP contribution is 2.24. The number of carbonyl (C=O) groups is 1. The first-order valence-corrected chi connectivity index (χ1v) is 9.96. The maximum atomic E-state index is 12.4. The SMILES string of the molecule is COc1ccc(-n2nnnc2SCC(=O)N[C@@H](C)c2cc3ccccc3o2)cc1. The van der Waals surface area contributed by atoms with Crippen LogP contribution < -0.4 is 10.1 Å². The van der Waals surface area contributed by atoms with Gasteiger partial charge in [-0.3, -0.25) is 4.79 Å². The zero-order valence-electron chi connectivity index (χ0n) is 15.9. The molecule has 2 aromatic carbocycles. The number of fused-ring (bicyclic) bond motifs is 1. The lowest BCUT2D eigenvalue weighted by atomic mass is 10.2. The third-order valence-corrected chi connectivity index (χ3v) is 5.26. The average Bonchev–Trinajstić information content (AvgIpc) is 3.39. The Labute approximate surface area is 171 Å². The molecule has 0 fully saturated rings. The van der Waals surface area contributed by atoms with E-state index in [0.29, 0.717) is 10.9 Å². The molecule has 0 saturated carbocycles. The van der Waals surface area contributed by atoms with E-state index in [0.717, 1.165) is 22.4 Å². The fourth-order valence-corrected chi connectivity index (χ4v) is 3.56. The van der Waals surface area contributed by atoms with E-state index in [9.17, 15) is 4.79 Å². The lowest BCUT2D eigenvalue weighted by molar-refractivity contribution is -0.119. The maximum Gasteiger partial charge on any atom is 0.231 e. The number of carbonyl (C=O) groups excluding carboxylic acids is 1. The van der Waals surface area contributed by atoms with Crippen LogP contribution in [0.2, 0.25) is 0 Å². The number of nitrogens with one attached hydrogen (secondary N) is 1. The van der Waals surface area contributed by atoms with Crippen LogP contribution in [0.25, 0.3) is 16.7 Å². The molecular formula is C20H19N5O3S. The number of ether oxygens (including phenoxy) is 1.